The molecule has 0 spiro atoms. The molecule has 1 amide bonds. The van der Waals surface area contributed by atoms with Gasteiger partial charge in [-0.15, -0.1) is 0 Å². The molecule has 3 atom stereocenters. The van der Waals surface area contributed by atoms with Gasteiger partial charge in [0.1, 0.15) is 0 Å². The Labute approximate surface area is 141 Å². The maximum Gasteiger partial charge on any atom is 0.241 e. The van der Waals surface area contributed by atoms with E-state index in [-0.39, 0.29) is 23.0 Å². The molecule has 1 aromatic carbocycles. The van der Waals surface area contributed by atoms with Crippen molar-refractivity contribution in [3.8, 4) is 0 Å². The Kier molecular flexibility index (Phi) is 5.67. The van der Waals surface area contributed by atoms with Crippen molar-refractivity contribution in [2.75, 3.05) is 13.1 Å². The highest BCUT2D eigenvalue weighted by Crippen LogP contribution is 2.17. The number of amides is 1. The number of carbonyl (C=O) groups excluding carboxylic acids is 1. The molecule has 0 radical (unpaired) electrons. The zero-order valence-corrected chi connectivity index (χ0v) is 14.9. The number of ether oxygens (including phenoxy) is 1. The van der Waals surface area contributed by atoms with Crippen molar-refractivity contribution in [2.45, 2.75) is 43.9 Å². The van der Waals surface area contributed by atoms with Crippen LogP contribution in [-0.2, 0) is 19.6 Å². The molecular weight excluding hydrogens is 340 g/mol. The Morgan fingerprint density at radius 3 is 2.52 bits per heavy atom. The third-order valence-corrected chi connectivity index (χ3v) is 5.31. The normalized spacial score (nSPS) is 23.6. The van der Waals surface area contributed by atoms with E-state index in [1.165, 1.54) is 19.1 Å². The van der Waals surface area contributed by atoms with Crippen LogP contribution in [0.1, 0.15) is 20.8 Å². The van der Waals surface area contributed by atoms with E-state index in [4.69, 9.17) is 16.3 Å². The van der Waals surface area contributed by atoms with E-state index in [2.05, 4.69) is 4.72 Å². The summed E-state index contributed by atoms with van der Waals surface area (Å²) in [5.41, 5.74) is 0. The monoisotopic (exact) mass is 360 g/mol. The van der Waals surface area contributed by atoms with Crippen LogP contribution < -0.4 is 4.72 Å². The molecule has 0 aliphatic carbocycles. The van der Waals surface area contributed by atoms with Crippen LogP contribution in [0.15, 0.2) is 29.2 Å². The smallest absolute Gasteiger partial charge is 0.241 e. The number of benzene rings is 1. The summed E-state index contributed by atoms with van der Waals surface area (Å²) in [4.78, 5) is 14.1. The van der Waals surface area contributed by atoms with E-state index in [1.807, 2.05) is 13.8 Å². The molecule has 1 N–H and O–H groups in total. The Balaban J connectivity index is 2.08. The standard InChI is InChI=1S/C15H21ClN2O4S/c1-10-8-18(9-11(2)22-10)15(19)12(3)17-23(20,21)14-6-4-5-13(16)7-14/h4-7,10-12,17H,8-9H2,1-3H3/t10-,11-,12+/m0/s1. The second-order valence-corrected chi connectivity index (χ2v) is 7.95. The highest BCUT2D eigenvalue weighted by atomic mass is 35.5. The Morgan fingerprint density at radius 1 is 1.35 bits per heavy atom. The Bertz CT molecular complexity index is 670. The molecule has 1 aromatic rings. The predicted molar refractivity (Wildman–Crippen MR) is 87.8 cm³/mol. The number of hydrogen-bond donors (Lipinski definition) is 1. The van der Waals surface area contributed by atoms with Crippen molar-refractivity contribution in [2.24, 2.45) is 0 Å². The molecule has 2 rings (SSSR count). The zero-order chi connectivity index (χ0) is 17.2. The fourth-order valence-electron chi connectivity index (χ4n) is 2.62. The number of morpholine rings is 1. The van der Waals surface area contributed by atoms with Crippen LogP contribution in [0, 0.1) is 0 Å². The highest BCUT2D eigenvalue weighted by Gasteiger charge is 2.30. The van der Waals surface area contributed by atoms with Crippen LogP contribution in [0.25, 0.3) is 0 Å². The number of halogens is 1. The number of nitrogens with one attached hydrogen (secondary N) is 1. The van der Waals surface area contributed by atoms with Crippen LogP contribution in [0.4, 0.5) is 0 Å². The van der Waals surface area contributed by atoms with Gasteiger partial charge in [-0.3, -0.25) is 4.79 Å². The SMILES string of the molecule is C[C@H]1CN(C(=O)[C@@H](C)NS(=O)(=O)c2cccc(Cl)c2)C[C@H](C)O1. The van der Waals surface area contributed by atoms with E-state index in [1.54, 1.807) is 17.0 Å². The zero-order valence-electron chi connectivity index (χ0n) is 13.3. The molecule has 0 bridgehead atoms. The second kappa shape index (κ2) is 7.17. The molecule has 0 unspecified atom stereocenters. The lowest BCUT2D eigenvalue weighted by atomic mass is 10.2. The number of nitrogens with zero attached hydrogens (tertiary/aromatic N) is 1. The summed E-state index contributed by atoms with van der Waals surface area (Å²) in [5, 5.41) is 0.322. The van der Waals surface area contributed by atoms with Crippen molar-refractivity contribution in [3.05, 3.63) is 29.3 Å². The maximum atomic E-state index is 12.5. The van der Waals surface area contributed by atoms with Gasteiger partial charge in [0.15, 0.2) is 0 Å². The quantitative estimate of drug-likeness (QED) is 0.885. The highest BCUT2D eigenvalue weighted by molar-refractivity contribution is 7.89. The van der Waals surface area contributed by atoms with Gasteiger partial charge in [0.05, 0.1) is 23.1 Å². The molecule has 1 saturated heterocycles. The third-order valence-electron chi connectivity index (χ3n) is 3.54. The van der Waals surface area contributed by atoms with Gasteiger partial charge in [0.2, 0.25) is 15.9 Å². The van der Waals surface area contributed by atoms with E-state index in [9.17, 15) is 13.2 Å². The summed E-state index contributed by atoms with van der Waals surface area (Å²) in [6, 6.07) is 5.06. The van der Waals surface area contributed by atoms with E-state index >= 15 is 0 Å². The fraction of sp³-hybridized carbons (Fsp3) is 0.533. The number of carbonyl (C=O) groups is 1. The van der Waals surface area contributed by atoms with E-state index in [0.717, 1.165) is 0 Å². The minimum absolute atomic E-state index is 0.0355. The molecule has 23 heavy (non-hydrogen) atoms. The summed E-state index contributed by atoms with van der Waals surface area (Å²) >= 11 is 5.82. The van der Waals surface area contributed by atoms with Crippen molar-refractivity contribution in [3.63, 3.8) is 0 Å². The molecule has 6 nitrogen and oxygen atoms in total. The first-order valence-corrected chi connectivity index (χ1v) is 9.27. The molecule has 1 heterocycles. The summed E-state index contributed by atoms with van der Waals surface area (Å²) < 4.78 is 32.7. The average molecular weight is 361 g/mol. The molecule has 0 aromatic heterocycles. The van der Waals surface area contributed by atoms with Crippen LogP contribution >= 0.6 is 11.6 Å². The minimum atomic E-state index is -3.81. The summed E-state index contributed by atoms with van der Waals surface area (Å²) in [5.74, 6) is -0.266. The lowest BCUT2D eigenvalue weighted by molar-refractivity contribution is -0.144. The summed E-state index contributed by atoms with van der Waals surface area (Å²) in [6.45, 7) is 6.21. The number of rotatable bonds is 4. The van der Waals surface area contributed by atoms with E-state index < -0.39 is 16.1 Å². The first kappa shape index (κ1) is 18.2. The Hall–Kier alpha value is -1.15. The molecule has 1 fully saturated rings. The molecule has 1 aliphatic heterocycles. The first-order valence-electron chi connectivity index (χ1n) is 7.41. The van der Waals surface area contributed by atoms with Gasteiger partial charge in [0.25, 0.3) is 0 Å². The van der Waals surface area contributed by atoms with Crippen LogP contribution in [0.3, 0.4) is 0 Å². The molecular formula is C15H21ClN2O4S. The lowest BCUT2D eigenvalue weighted by Crippen LogP contribution is -2.54. The van der Waals surface area contributed by atoms with E-state index in [0.29, 0.717) is 18.1 Å². The van der Waals surface area contributed by atoms with Crippen LogP contribution in [0.5, 0.6) is 0 Å². The summed E-state index contributed by atoms with van der Waals surface area (Å²) in [6.07, 6.45) is -0.140. The Morgan fingerprint density at radius 2 is 1.96 bits per heavy atom. The topological polar surface area (TPSA) is 75.7 Å². The van der Waals surface area contributed by atoms with Crippen LogP contribution in [-0.4, -0.2) is 50.6 Å². The average Bonchev–Trinajstić information content (AvgIpc) is 2.45. The fourth-order valence-corrected chi connectivity index (χ4v) is 4.11. The van der Waals surface area contributed by atoms with Crippen LogP contribution in [0.2, 0.25) is 5.02 Å². The van der Waals surface area contributed by atoms with Gasteiger partial charge in [-0.25, -0.2) is 8.42 Å². The number of sulfonamides is 1. The van der Waals surface area contributed by atoms with Crippen molar-refractivity contribution < 1.29 is 17.9 Å². The van der Waals surface area contributed by atoms with Gasteiger partial charge in [-0.05, 0) is 39.0 Å². The van der Waals surface area contributed by atoms with Gasteiger partial charge < -0.3 is 9.64 Å². The molecule has 128 valence electrons. The third kappa shape index (κ3) is 4.67. The van der Waals surface area contributed by atoms with Gasteiger partial charge in [-0.2, -0.15) is 4.72 Å². The predicted octanol–water partition coefficient (Wildman–Crippen LogP) is 1.64. The largest absolute Gasteiger partial charge is 0.372 e. The summed E-state index contributed by atoms with van der Waals surface area (Å²) in [7, 11) is -3.81. The minimum Gasteiger partial charge on any atom is -0.372 e. The molecule has 0 saturated carbocycles. The van der Waals surface area contributed by atoms with Gasteiger partial charge in [0, 0.05) is 18.1 Å². The first-order chi connectivity index (χ1) is 10.7. The van der Waals surface area contributed by atoms with Gasteiger partial charge >= 0.3 is 0 Å². The van der Waals surface area contributed by atoms with Crippen molar-refractivity contribution in [1.82, 2.24) is 9.62 Å². The van der Waals surface area contributed by atoms with Gasteiger partial charge in [-0.1, -0.05) is 17.7 Å². The number of hydrogen-bond acceptors (Lipinski definition) is 4. The molecule has 1 aliphatic rings. The lowest BCUT2D eigenvalue weighted by Gasteiger charge is -2.36. The second-order valence-electron chi connectivity index (χ2n) is 5.80. The maximum absolute atomic E-state index is 12.5. The van der Waals surface area contributed by atoms with Crippen molar-refractivity contribution >= 4 is 27.5 Å². The van der Waals surface area contributed by atoms with Crippen molar-refractivity contribution in [1.29, 1.82) is 0 Å². The molecule has 8 heteroatoms.